The molecule has 0 saturated carbocycles. The van der Waals surface area contributed by atoms with Gasteiger partial charge >= 0.3 is 6.09 Å². The molecule has 5 heteroatoms. The van der Waals surface area contributed by atoms with Gasteiger partial charge in [-0.3, -0.25) is 5.32 Å². The minimum atomic E-state index is -0.488. The number of aromatic nitrogens is 1. The van der Waals surface area contributed by atoms with Crippen molar-refractivity contribution in [3.8, 4) is 0 Å². The molecule has 1 aromatic heterocycles. The molecule has 1 heterocycles. The molecule has 2 aromatic rings. The number of carbonyl (C=O) groups excluding carboxylic acids is 1. The van der Waals surface area contributed by atoms with E-state index >= 15 is 0 Å². The van der Waals surface area contributed by atoms with Gasteiger partial charge in [0.05, 0.1) is 0 Å². The summed E-state index contributed by atoms with van der Waals surface area (Å²) in [5.41, 5.74) is -0.488. The SMILES string of the molecule is CCC(C)(C)OC(=O)Nc1nccc2cc(Br)ccc12. The highest BCUT2D eigenvalue weighted by atomic mass is 79.9. The van der Waals surface area contributed by atoms with E-state index in [0.29, 0.717) is 5.82 Å². The maximum Gasteiger partial charge on any atom is 0.413 e. The van der Waals surface area contributed by atoms with Crippen LogP contribution in [-0.4, -0.2) is 16.7 Å². The minimum absolute atomic E-state index is 0.486. The van der Waals surface area contributed by atoms with Gasteiger partial charge < -0.3 is 4.74 Å². The van der Waals surface area contributed by atoms with Gasteiger partial charge in [0, 0.05) is 16.1 Å². The topological polar surface area (TPSA) is 51.2 Å². The van der Waals surface area contributed by atoms with Gasteiger partial charge in [0.1, 0.15) is 11.4 Å². The van der Waals surface area contributed by atoms with Crippen LogP contribution < -0.4 is 5.32 Å². The number of fused-ring (bicyclic) bond motifs is 1. The Hall–Kier alpha value is -1.62. The predicted molar refractivity (Wildman–Crippen MR) is 83.9 cm³/mol. The van der Waals surface area contributed by atoms with Crippen molar-refractivity contribution < 1.29 is 9.53 Å². The number of halogens is 1. The third-order valence-electron chi connectivity index (χ3n) is 3.17. The molecule has 20 heavy (non-hydrogen) atoms. The molecule has 0 atom stereocenters. The fraction of sp³-hybridized carbons (Fsp3) is 0.333. The summed E-state index contributed by atoms with van der Waals surface area (Å²) >= 11 is 3.42. The number of carbonyl (C=O) groups is 1. The molecule has 0 unspecified atom stereocenters. The molecule has 4 nitrogen and oxygen atoms in total. The summed E-state index contributed by atoms with van der Waals surface area (Å²) in [5, 5.41) is 4.58. The van der Waals surface area contributed by atoms with Crippen LogP contribution in [0.5, 0.6) is 0 Å². The maximum atomic E-state index is 11.9. The van der Waals surface area contributed by atoms with Crippen LogP contribution in [0.1, 0.15) is 27.2 Å². The summed E-state index contributed by atoms with van der Waals surface area (Å²) in [6.45, 7) is 5.72. The first kappa shape index (κ1) is 14.8. The van der Waals surface area contributed by atoms with E-state index in [1.165, 1.54) is 0 Å². The standard InChI is InChI=1S/C15H17BrN2O2/c1-4-15(2,3)20-14(19)18-13-12-6-5-11(16)9-10(12)7-8-17-13/h5-9H,4H2,1-3H3,(H,17,18,19). The van der Waals surface area contributed by atoms with Crippen LogP contribution in [-0.2, 0) is 4.74 Å². The number of nitrogens with zero attached hydrogens (tertiary/aromatic N) is 1. The van der Waals surface area contributed by atoms with Crippen LogP contribution in [0.4, 0.5) is 10.6 Å². The molecule has 0 bridgehead atoms. The number of pyridine rings is 1. The Kier molecular flexibility index (Phi) is 4.28. The number of nitrogens with one attached hydrogen (secondary N) is 1. The molecule has 0 aliphatic heterocycles. The summed E-state index contributed by atoms with van der Waals surface area (Å²) in [7, 11) is 0. The normalized spacial score (nSPS) is 11.4. The summed E-state index contributed by atoms with van der Waals surface area (Å²) in [6.07, 6.45) is 1.92. The van der Waals surface area contributed by atoms with Crippen molar-refractivity contribution in [2.24, 2.45) is 0 Å². The van der Waals surface area contributed by atoms with Crippen molar-refractivity contribution in [1.82, 2.24) is 4.98 Å². The zero-order chi connectivity index (χ0) is 14.8. The smallest absolute Gasteiger partial charge is 0.413 e. The number of hydrogen-bond donors (Lipinski definition) is 1. The molecule has 0 aliphatic rings. The van der Waals surface area contributed by atoms with E-state index < -0.39 is 11.7 Å². The van der Waals surface area contributed by atoms with Gasteiger partial charge in [-0.2, -0.15) is 0 Å². The Morgan fingerprint density at radius 2 is 2.15 bits per heavy atom. The molecule has 0 saturated heterocycles. The number of amides is 1. The van der Waals surface area contributed by atoms with Gasteiger partial charge in [-0.15, -0.1) is 0 Å². The zero-order valence-electron chi connectivity index (χ0n) is 11.7. The molecule has 0 radical (unpaired) electrons. The molecular weight excluding hydrogens is 320 g/mol. The quantitative estimate of drug-likeness (QED) is 0.880. The number of ether oxygens (including phenoxy) is 1. The van der Waals surface area contributed by atoms with Crippen molar-refractivity contribution in [3.05, 3.63) is 34.9 Å². The Balaban J connectivity index is 2.24. The van der Waals surface area contributed by atoms with Crippen LogP contribution in [0.2, 0.25) is 0 Å². The van der Waals surface area contributed by atoms with Gasteiger partial charge in [0.15, 0.2) is 0 Å². The lowest BCUT2D eigenvalue weighted by atomic mass is 10.1. The van der Waals surface area contributed by atoms with E-state index in [4.69, 9.17) is 4.74 Å². The Morgan fingerprint density at radius 1 is 1.40 bits per heavy atom. The first-order chi connectivity index (χ1) is 9.41. The van der Waals surface area contributed by atoms with Crippen molar-refractivity contribution in [3.63, 3.8) is 0 Å². The summed E-state index contributed by atoms with van der Waals surface area (Å²) in [4.78, 5) is 16.1. The van der Waals surface area contributed by atoms with Crippen molar-refractivity contribution in [2.75, 3.05) is 5.32 Å². The van der Waals surface area contributed by atoms with Gasteiger partial charge in [-0.1, -0.05) is 22.9 Å². The monoisotopic (exact) mass is 336 g/mol. The van der Waals surface area contributed by atoms with Gasteiger partial charge in [0.2, 0.25) is 0 Å². The maximum absolute atomic E-state index is 11.9. The lowest BCUT2D eigenvalue weighted by Gasteiger charge is -2.23. The molecule has 1 N–H and O–H groups in total. The van der Waals surface area contributed by atoms with E-state index in [-0.39, 0.29) is 0 Å². The van der Waals surface area contributed by atoms with Crippen LogP contribution in [0, 0.1) is 0 Å². The Bertz CT molecular complexity index is 641. The number of anilines is 1. The highest BCUT2D eigenvalue weighted by molar-refractivity contribution is 9.10. The van der Waals surface area contributed by atoms with Crippen molar-refractivity contribution in [1.29, 1.82) is 0 Å². The largest absolute Gasteiger partial charge is 0.443 e. The third-order valence-corrected chi connectivity index (χ3v) is 3.66. The minimum Gasteiger partial charge on any atom is -0.443 e. The fourth-order valence-electron chi connectivity index (χ4n) is 1.69. The van der Waals surface area contributed by atoms with Gasteiger partial charge in [-0.05, 0) is 49.9 Å². The first-order valence-corrected chi connectivity index (χ1v) is 7.25. The molecule has 0 aliphatic carbocycles. The lowest BCUT2D eigenvalue weighted by molar-refractivity contribution is 0.0461. The number of benzene rings is 1. The summed E-state index contributed by atoms with van der Waals surface area (Å²) in [5.74, 6) is 0.506. The van der Waals surface area contributed by atoms with Gasteiger partial charge in [-0.25, -0.2) is 9.78 Å². The van der Waals surface area contributed by atoms with Crippen LogP contribution >= 0.6 is 15.9 Å². The van der Waals surface area contributed by atoms with E-state index in [1.54, 1.807) is 6.20 Å². The van der Waals surface area contributed by atoms with Crippen molar-refractivity contribution >= 4 is 38.6 Å². The number of hydrogen-bond acceptors (Lipinski definition) is 3. The summed E-state index contributed by atoms with van der Waals surface area (Å²) < 4.78 is 6.35. The molecule has 2 rings (SSSR count). The third kappa shape index (κ3) is 3.48. The van der Waals surface area contributed by atoms with E-state index in [1.807, 2.05) is 45.0 Å². The Morgan fingerprint density at radius 3 is 2.85 bits per heavy atom. The van der Waals surface area contributed by atoms with Crippen LogP contribution in [0.3, 0.4) is 0 Å². The van der Waals surface area contributed by atoms with Crippen LogP contribution in [0.15, 0.2) is 34.9 Å². The second-order valence-electron chi connectivity index (χ2n) is 5.15. The highest BCUT2D eigenvalue weighted by Gasteiger charge is 2.21. The van der Waals surface area contributed by atoms with Crippen LogP contribution in [0.25, 0.3) is 10.8 Å². The average molecular weight is 337 g/mol. The fourth-order valence-corrected chi connectivity index (χ4v) is 2.07. The predicted octanol–water partition coefficient (Wildman–Crippen LogP) is 4.73. The lowest BCUT2D eigenvalue weighted by Crippen LogP contribution is -2.30. The molecule has 1 aromatic carbocycles. The molecule has 1 amide bonds. The highest BCUT2D eigenvalue weighted by Crippen LogP contribution is 2.25. The molecular formula is C15H17BrN2O2. The van der Waals surface area contributed by atoms with E-state index in [0.717, 1.165) is 21.7 Å². The van der Waals surface area contributed by atoms with E-state index in [9.17, 15) is 4.79 Å². The molecule has 0 fully saturated rings. The average Bonchev–Trinajstić information content (AvgIpc) is 2.38. The second kappa shape index (κ2) is 5.79. The Labute approximate surface area is 126 Å². The molecule has 106 valence electrons. The van der Waals surface area contributed by atoms with Crippen molar-refractivity contribution in [2.45, 2.75) is 32.8 Å². The summed E-state index contributed by atoms with van der Waals surface area (Å²) in [6, 6.07) is 7.69. The first-order valence-electron chi connectivity index (χ1n) is 6.45. The zero-order valence-corrected chi connectivity index (χ0v) is 13.3. The number of rotatable bonds is 3. The van der Waals surface area contributed by atoms with Gasteiger partial charge in [0.25, 0.3) is 0 Å². The second-order valence-corrected chi connectivity index (χ2v) is 6.07. The molecule has 0 spiro atoms. The van der Waals surface area contributed by atoms with E-state index in [2.05, 4.69) is 26.2 Å².